The SMILES string of the molecule is O=C=Nc1ccc2ccccn12.O=COCc1ccccc1. The van der Waals surface area contributed by atoms with Gasteiger partial charge in [0, 0.05) is 11.7 Å². The molecule has 0 aliphatic carbocycles. The van der Waals surface area contributed by atoms with Gasteiger partial charge in [-0.3, -0.25) is 4.79 Å². The van der Waals surface area contributed by atoms with Crippen LogP contribution in [0.2, 0.25) is 0 Å². The van der Waals surface area contributed by atoms with E-state index in [0.29, 0.717) is 18.9 Å². The van der Waals surface area contributed by atoms with E-state index in [1.807, 2.05) is 65.2 Å². The molecule has 110 valence electrons. The van der Waals surface area contributed by atoms with Crippen LogP contribution in [-0.2, 0) is 20.9 Å². The zero-order valence-electron chi connectivity index (χ0n) is 11.8. The Hall–Kier alpha value is -3.17. The molecule has 0 N–H and O–H groups in total. The van der Waals surface area contributed by atoms with Gasteiger partial charge in [0.1, 0.15) is 12.4 Å². The van der Waals surface area contributed by atoms with Crippen LogP contribution in [0.5, 0.6) is 0 Å². The number of hydrogen-bond acceptors (Lipinski definition) is 4. The molecule has 0 saturated heterocycles. The number of isocyanates is 1. The van der Waals surface area contributed by atoms with E-state index in [1.54, 1.807) is 6.07 Å². The van der Waals surface area contributed by atoms with Crippen molar-refractivity contribution in [1.82, 2.24) is 4.40 Å². The van der Waals surface area contributed by atoms with Crippen molar-refractivity contribution < 1.29 is 14.3 Å². The number of carbonyl (C=O) groups excluding carboxylic acids is 2. The number of carbonyl (C=O) groups is 1. The van der Waals surface area contributed by atoms with Crippen molar-refractivity contribution in [1.29, 1.82) is 0 Å². The van der Waals surface area contributed by atoms with Crippen LogP contribution in [-0.4, -0.2) is 17.0 Å². The second kappa shape index (κ2) is 8.19. The Bertz CT molecular complexity index is 775. The van der Waals surface area contributed by atoms with E-state index < -0.39 is 0 Å². The first-order chi connectivity index (χ1) is 10.8. The molecule has 0 bridgehead atoms. The number of ether oxygens (including phenoxy) is 1. The number of nitrogens with zero attached hydrogens (tertiary/aromatic N) is 2. The summed E-state index contributed by atoms with van der Waals surface area (Å²) in [6.07, 6.45) is 3.37. The smallest absolute Gasteiger partial charge is 0.293 e. The molecule has 3 aromatic rings. The molecule has 0 aliphatic rings. The lowest BCUT2D eigenvalue weighted by Crippen LogP contribution is -1.88. The quantitative estimate of drug-likeness (QED) is 0.421. The number of hydrogen-bond donors (Lipinski definition) is 0. The number of aromatic nitrogens is 1. The summed E-state index contributed by atoms with van der Waals surface area (Å²) >= 11 is 0. The molecule has 0 fully saturated rings. The largest absolute Gasteiger partial charge is 0.463 e. The fourth-order valence-electron chi connectivity index (χ4n) is 1.88. The van der Waals surface area contributed by atoms with Crippen LogP contribution in [0.15, 0.2) is 71.9 Å². The van der Waals surface area contributed by atoms with Crippen LogP contribution >= 0.6 is 0 Å². The van der Waals surface area contributed by atoms with E-state index in [9.17, 15) is 9.59 Å². The lowest BCUT2D eigenvalue weighted by atomic mass is 10.2. The fraction of sp³-hybridized carbons (Fsp3) is 0.0588. The standard InChI is InChI=1S/C9H6N2O.C8H8O2/c12-7-10-9-5-4-8-3-1-2-6-11(8)9;9-7-10-6-8-4-2-1-3-5-8/h1-6H;1-5,7H,6H2. The van der Waals surface area contributed by atoms with Crippen LogP contribution in [0.3, 0.4) is 0 Å². The number of fused-ring (bicyclic) bond motifs is 1. The van der Waals surface area contributed by atoms with Gasteiger partial charge in [0.15, 0.2) is 0 Å². The Labute approximate surface area is 127 Å². The van der Waals surface area contributed by atoms with Crippen LogP contribution < -0.4 is 0 Å². The van der Waals surface area contributed by atoms with Crippen molar-refractivity contribution in [3.05, 3.63) is 72.4 Å². The first kappa shape index (κ1) is 15.2. The van der Waals surface area contributed by atoms with Crippen molar-refractivity contribution >= 4 is 23.9 Å². The van der Waals surface area contributed by atoms with Gasteiger partial charge in [-0.05, 0) is 29.8 Å². The lowest BCUT2D eigenvalue weighted by Gasteiger charge is -1.95. The summed E-state index contributed by atoms with van der Waals surface area (Å²) in [6.45, 7) is 0.817. The molecule has 0 aliphatic heterocycles. The minimum atomic E-state index is 0.365. The van der Waals surface area contributed by atoms with E-state index in [4.69, 9.17) is 0 Å². The Morgan fingerprint density at radius 1 is 1.05 bits per heavy atom. The van der Waals surface area contributed by atoms with E-state index in [1.165, 1.54) is 6.08 Å². The summed E-state index contributed by atoms with van der Waals surface area (Å²) in [7, 11) is 0. The number of aliphatic imine (C=N–C) groups is 1. The zero-order valence-corrected chi connectivity index (χ0v) is 11.8. The molecule has 5 heteroatoms. The highest BCUT2D eigenvalue weighted by atomic mass is 16.5. The fourth-order valence-corrected chi connectivity index (χ4v) is 1.88. The van der Waals surface area contributed by atoms with Crippen LogP contribution in [0.25, 0.3) is 5.52 Å². The number of pyridine rings is 1. The summed E-state index contributed by atoms with van der Waals surface area (Å²) in [4.78, 5) is 23.3. The predicted octanol–water partition coefficient (Wildman–Crippen LogP) is 3.27. The van der Waals surface area contributed by atoms with E-state index >= 15 is 0 Å². The molecule has 2 aromatic heterocycles. The van der Waals surface area contributed by atoms with Gasteiger partial charge in [-0.15, -0.1) is 4.99 Å². The maximum Gasteiger partial charge on any atom is 0.293 e. The second-order valence-electron chi connectivity index (χ2n) is 4.28. The summed E-state index contributed by atoms with van der Waals surface area (Å²) < 4.78 is 6.36. The van der Waals surface area contributed by atoms with Gasteiger partial charge in [0.2, 0.25) is 6.08 Å². The molecule has 0 atom stereocenters. The van der Waals surface area contributed by atoms with Crippen LogP contribution in [0.1, 0.15) is 5.56 Å². The highest BCUT2D eigenvalue weighted by Crippen LogP contribution is 2.16. The van der Waals surface area contributed by atoms with Gasteiger partial charge in [0.05, 0.1) is 0 Å². The minimum absolute atomic E-state index is 0.365. The molecule has 0 saturated carbocycles. The molecule has 3 rings (SSSR count). The van der Waals surface area contributed by atoms with Gasteiger partial charge in [-0.25, -0.2) is 4.79 Å². The monoisotopic (exact) mass is 294 g/mol. The van der Waals surface area contributed by atoms with Crippen molar-refractivity contribution in [3.8, 4) is 0 Å². The summed E-state index contributed by atoms with van der Waals surface area (Å²) in [5.74, 6) is 0.612. The Morgan fingerprint density at radius 2 is 1.82 bits per heavy atom. The first-order valence-corrected chi connectivity index (χ1v) is 6.58. The molecular formula is C17H14N2O3. The number of rotatable bonds is 4. The summed E-state index contributed by atoms with van der Waals surface area (Å²) in [5.41, 5.74) is 2.03. The maximum atomic E-state index is 10.0. The third kappa shape index (κ3) is 4.16. The van der Waals surface area contributed by atoms with E-state index in [2.05, 4.69) is 9.73 Å². The minimum Gasteiger partial charge on any atom is -0.463 e. The van der Waals surface area contributed by atoms with Crippen molar-refractivity contribution in [2.45, 2.75) is 6.61 Å². The second-order valence-corrected chi connectivity index (χ2v) is 4.28. The molecular weight excluding hydrogens is 280 g/mol. The van der Waals surface area contributed by atoms with Gasteiger partial charge < -0.3 is 9.14 Å². The molecule has 22 heavy (non-hydrogen) atoms. The summed E-state index contributed by atoms with van der Waals surface area (Å²) in [5, 5.41) is 0. The molecule has 0 radical (unpaired) electrons. The highest BCUT2D eigenvalue weighted by molar-refractivity contribution is 5.58. The van der Waals surface area contributed by atoms with Crippen LogP contribution in [0, 0.1) is 0 Å². The molecule has 5 nitrogen and oxygen atoms in total. The van der Waals surface area contributed by atoms with Crippen LogP contribution in [0.4, 0.5) is 5.82 Å². The highest BCUT2D eigenvalue weighted by Gasteiger charge is 1.96. The Morgan fingerprint density at radius 3 is 2.55 bits per heavy atom. The first-order valence-electron chi connectivity index (χ1n) is 6.58. The molecule has 0 unspecified atom stereocenters. The topological polar surface area (TPSA) is 60.1 Å². The zero-order chi connectivity index (χ0) is 15.6. The number of benzene rings is 1. The van der Waals surface area contributed by atoms with Gasteiger partial charge >= 0.3 is 0 Å². The summed E-state index contributed by atoms with van der Waals surface area (Å²) in [6, 6.07) is 19.0. The third-order valence-electron chi connectivity index (χ3n) is 2.86. The van der Waals surface area contributed by atoms with Crippen molar-refractivity contribution in [2.75, 3.05) is 0 Å². The lowest BCUT2D eigenvalue weighted by molar-refractivity contribution is -0.129. The van der Waals surface area contributed by atoms with Crippen molar-refractivity contribution in [3.63, 3.8) is 0 Å². The average Bonchev–Trinajstić information content (AvgIpc) is 2.98. The normalized spacial score (nSPS) is 9.27. The average molecular weight is 294 g/mol. The van der Waals surface area contributed by atoms with Gasteiger partial charge in [0.25, 0.3) is 6.47 Å². The van der Waals surface area contributed by atoms with E-state index in [0.717, 1.165) is 11.1 Å². The third-order valence-corrected chi connectivity index (χ3v) is 2.86. The van der Waals surface area contributed by atoms with Crippen molar-refractivity contribution in [2.24, 2.45) is 4.99 Å². The van der Waals surface area contributed by atoms with Gasteiger partial charge in [-0.2, -0.15) is 0 Å². The predicted molar refractivity (Wildman–Crippen MR) is 82.5 cm³/mol. The van der Waals surface area contributed by atoms with Gasteiger partial charge in [-0.1, -0.05) is 36.4 Å². The maximum absolute atomic E-state index is 10.0. The van der Waals surface area contributed by atoms with E-state index in [-0.39, 0.29) is 0 Å². The molecule has 0 amide bonds. The molecule has 0 spiro atoms. The molecule has 1 aromatic carbocycles. The Balaban J connectivity index is 0.000000164. The Kier molecular flexibility index (Phi) is 5.67. The molecule has 2 heterocycles.